The molecule has 4 rings (SSSR count). The highest BCUT2D eigenvalue weighted by molar-refractivity contribution is 5.67. The van der Waals surface area contributed by atoms with Gasteiger partial charge in [0.15, 0.2) is 0 Å². The second-order valence-corrected chi connectivity index (χ2v) is 11.2. The molecule has 31 heavy (non-hydrogen) atoms. The summed E-state index contributed by atoms with van der Waals surface area (Å²) in [4.78, 5) is 24.1. The molecular formula is C24H36O7. The van der Waals surface area contributed by atoms with Crippen LogP contribution in [0.3, 0.4) is 0 Å². The van der Waals surface area contributed by atoms with Crippen molar-refractivity contribution < 1.29 is 34.4 Å². The van der Waals surface area contributed by atoms with Crippen LogP contribution in [0.1, 0.15) is 60.3 Å². The van der Waals surface area contributed by atoms with Crippen LogP contribution in [-0.4, -0.2) is 57.8 Å². The third kappa shape index (κ3) is 2.89. The molecule has 0 heterocycles. The predicted octanol–water partition coefficient (Wildman–Crippen LogP) is 1.97. The molecule has 0 amide bonds. The molecule has 4 saturated carbocycles. The SMILES string of the molecule is C=C1[C@@H]2C[C@H](O)[C@H]3[C@]4(C)[C@@H](OC(C)=O)C[C@H](O)C(C)(C)[C@H]4C[C@H](OC(C)=O)[C@]3(C2)[C@@H]1O. The Balaban J connectivity index is 1.93. The van der Waals surface area contributed by atoms with Gasteiger partial charge in [-0.05, 0) is 42.1 Å². The van der Waals surface area contributed by atoms with E-state index in [2.05, 4.69) is 6.58 Å². The minimum absolute atomic E-state index is 0.0474. The third-order valence-electron chi connectivity index (χ3n) is 9.45. The van der Waals surface area contributed by atoms with Gasteiger partial charge in [0.2, 0.25) is 0 Å². The molecule has 0 aromatic rings. The lowest BCUT2D eigenvalue weighted by atomic mass is 9.38. The number of carbonyl (C=O) groups excluding carboxylic acids is 2. The van der Waals surface area contributed by atoms with Gasteiger partial charge < -0.3 is 24.8 Å². The molecule has 4 aliphatic carbocycles. The Bertz CT molecular complexity index is 806. The largest absolute Gasteiger partial charge is 0.462 e. The lowest BCUT2D eigenvalue weighted by Crippen LogP contribution is -2.72. The minimum atomic E-state index is -0.922. The van der Waals surface area contributed by atoms with Gasteiger partial charge in [0.1, 0.15) is 12.2 Å². The molecule has 0 aromatic heterocycles. The number of esters is 2. The molecule has 0 unspecified atom stereocenters. The van der Waals surface area contributed by atoms with E-state index in [9.17, 15) is 24.9 Å². The van der Waals surface area contributed by atoms with Crippen LogP contribution in [-0.2, 0) is 19.1 Å². The highest BCUT2D eigenvalue weighted by atomic mass is 16.6. The van der Waals surface area contributed by atoms with Gasteiger partial charge >= 0.3 is 11.9 Å². The van der Waals surface area contributed by atoms with Crippen molar-refractivity contribution >= 4 is 11.9 Å². The van der Waals surface area contributed by atoms with Gasteiger partial charge in [-0.15, -0.1) is 0 Å². The van der Waals surface area contributed by atoms with Gasteiger partial charge in [-0.25, -0.2) is 0 Å². The lowest BCUT2D eigenvalue weighted by Gasteiger charge is -2.68. The van der Waals surface area contributed by atoms with Crippen molar-refractivity contribution in [2.45, 2.75) is 90.8 Å². The average Bonchev–Trinajstić information content (AvgIpc) is 2.83. The van der Waals surface area contributed by atoms with E-state index in [1.807, 2.05) is 20.8 Å². The Morgan fingerprint density at radius 2 is 1.55 bits per heavy atom. The van der Waals surface area contributed by atoms with Gasteiger partial charge in [-0.3, -0.25) is 9.59 Å². The molecular weight excluding hydrogens is 400 g/mol. The lowest BCUT2D eigenvalue weighted by molar-refractivity contribution is -0.292. The number of aliphatic hydroxyl groups is 3. The van der Waals surface area contributed by atoms with Crippen molar-refractivity contribution in [3.05, 3.63) is 12.2 Å². The zero-order valence-electron chi connectivity index (χ0n) is 19.1. The van der Waals surface area contributed by atoms with Crippen molar-refractivity contribution in [1.82, 2.24) is 0 Å². The van der Waals surface area contributed by atoms with Gasteiger partial charge in [0.25, 0.3) is 0 Å². The van der Waals surface area contributed by atoms with Crippen LogP contribution in [0.2, 0.25) is 0 Å². The minimum Gasteiger partial charge on any atom is -0.462 e. The molecule has 7 nitrogen and oxygen atoms in total. The average molecular weight is 437 g/mol. The van der Waals surface area contributed by atoms with Crippen molar-refractivity contribution in [2.24, 2.45) is 34.0 Å². The smallest absolute Gasteiger partial charge is 0.302 e. The molecule has 10 atom stereocenters. The fraction of sp³-hybridized carbons (Fsp3) is 0.833. The van der Waals surface area contributed by atoms with Crippen LogP contribution < -0.4 is 0 Å². The zero-order chi connectivity index (χ0) is 23.1. The first kappa shape index (κ1) is 22.7. The molecule has 0 aliphatic heterocycles. The zero-order valence-corrected chi connectivity index (χ0v) is 19.1. The maximum atomic E-state index is 12.1. The second kappa shape index (κ2) is 7.03. The van der Waals surface area contributed by atoms with E-state index in [0.29, 0.717) is 24.8 Å². The highest BCUT2D eigenvalue weighted by Crippen LogP contribution is 2.72. The number of ether oxygens (including phenoxy) is 2. The van der Waals surface area contributed by atoms with Crippen LogP contribution in [0.15, 0.2) is 12.2 Å². The molecule has 1 spiro atoms. The van der Waals surface area contributed by atoms with E-state index >= 15 is 0 Å². The molecule has 4 fully saturated rings. The van der Waals surface area contributed by atoms with Gasteiger partial charge in [0.05, 0.1) is 18.3 Å². The molecule has 4 aliphatic rings. The van der Waals surface area contributed by atoms with Crippen molar-refractivity contribution in [3.63, 3.8) is 0 Å². The highest BCUT2D eigenvalue weighted by Gasteiger charge is 2.76. The Hall–Kier alpha value is -1.44. The maximum Gasteiger partial charge on any atom is 0.302 e. The van der Waals surface area contributed by atoms with Crippen LogP contribution in [0.5, 0.6) is 0 Å². The number of fused-ring (bicyclic) bond motifs is 3. The summed E-state index contributed by atoms with van der Waals surface area (Å²) in [6.45, 7) is 12.8. The molecule has 174 valence electrons. The van der Waals surface area contributed by atoms with E-state index in [1.54, 1.807) is 0 Å². The Morgan fingerprint density at radius 3 is 2.13 bits per heavy atom. The van der Waals surface area contributed by atoms with Crippen molar-refractivity contribution in [3.8, 4) is 0 Å². The molecule has 0 radical (unpaired) electrons. The number of aliphatic hydroxyl groups excluding tert-OH is 3. The first-order valence-electron chi connectivity index (χ1n) is 11.3. The van der Waals surface area contributed by atoms with E-state index in [4.69, 9.17) is 9.47 Å². The molecule has 0 saturated heterocycles. The summed E-state index contributed by atoms with van der Waals surface area (Å²) in [6.07, 6.45) is -1.95. The topological polar surface area (TPSA) is 113 Å². The van der Waals surface area contributed by atoms with E-state index in [1.165, 1.54) is 13.8 Å². The second-order valence-electron chi connectivity index (χ2n) is 11.2. The molecule has 3 N–H and O–H groups in total. The van der Waals surface area contributed by atoms with Crippen LogP contribution in [0.4, 0.5) is 0 Å². The third-order valence-corrected chi connectivity index (χ3v) is 9.45. The van der Waals surface area contributed by atoms with Crippen LogP contribution >= 0.6 is 0 Å². The summed E-state index contributed by atoms with van der Waals surface area (Å²) in [7, 11) is 0. The fourth-order valence-corrected chi connectivity index (χ4v) is 8.22. The normalized spacial score (nSPS) is 50.3. The first-order chi connectivity index (χ1) is 14.3. The van der Waals surface area contributed by atoms with E-state index in [-0.39, 0.29) is 18.3 Å². The van der Waals surface area contributed by atoms with Gasteiger partial charge in [-0.1, -0.05) is 27.4 Å². The molecule has 7 heteroatoms. The van der Waals surface area contributed by atoms with E-state index in [0.717, 1.165) is 0 Å². The summed E-state index contributed by atoms with van der Waals surface area (Å²) < 4.78 is 11.6. The maximum absolute atomic E-state index is 12.1. The van der Waals surface area contributed by atoms with Gasteiger partial charge in [0, 0.05) is 37.0 Å². The number of hydrogen-bond donors (Lipinski definition) is 3. The van der Waals surface area contributed by atoms with Crippen LogP contribution in [0.25, 0.3) is 0 Å². The molecule has 2 bridgehead atoms. The van der Waals surface area contributed by atoms with E-state index < -0.39 is 64.6 Å². The molecule has 0 aromatic carbocycles. The number of carbonyl (C=O) groups is 2. The first-order valence-corrected chi connectivity index (χ1v) is 11.3. The summed E-state index contributed by atoms with van der Waals surface area (Å²) >= 11 is 0. The Labute approximate surface area is 183 Å². The summed E-state index contributed by atoms with van der Waals surface area (Å²) in [5.74, 6) is -1.61. The predicted molar refractivity (Wildman–Crippen MR) is 112 cm³/mol. The monoisotopic (exact) mass is 436 g/mol. The number of hydrogen-bond acceptors (Lipinski definition) is 7. The fourth-order valence-electron chi connectivity index (χ4n) is 8.22. The summed E-state index contributed by atoms with van der Waals surface area (Å²) in [5, 5.41) is 33.9. The van der Waals surface area contributed by atoms with Gasteiger partial charge in [-0.2, -0.15) is 0 Å². The van der Waals surface area contributed by atoms with Crippen molar-refractivity contribution in [2.75, 3.05) is 0 Å². The van der Waals surface area contributed by atoms with Crippen molar-refractivity contribution in [1.29, 1.82) is 0 Å². The Morgan fingerprint density at radius 1 is 0.968 bits per heavy atom. The number of rotatable bonds is 2. The standard InChI is InChI=1S/C24H36O7/c1-11-14-7-15(27)20-23(6)16(22(4,5)17(28)9-18(23)30-12(2)25)8-19(31-13(3)26)24(20,10-14)21(11)29/h14-21,27-29H,1,7-10H2,2-6H3/t14-,15+,16-,17+,18+,19+,20+,21-,23+,24+/m1/s1. The van der Waals surface area contributed by atoms with Crippen LogP contribution in [0, 0.1) is 34.0 Å². The summed E-state index contributed by atoms with van der Waals surface area (Å²) in [6, 6.07) is 0. The quantitative estimate of drug-likeness (QED) is 0.448. The summed E-state index contributed by atoms with van der Waals surface area (Å²) in [5.41, 5.74) is -1.50. The Kier molecular flexibility index (Phi) is 5.16.